The van der Waals surface area contributed by atoms with E-state index in [2.05, 4.69) is 0 Å². The Morgan fingerprint density at radius 1 is 1.36 bits per heavy atom. The van der Waals surface area contributed by atoms with Crippen molar-refractivity contribution >= 4 is 48.6 Å². The van der Waals surface area contributed by atoms with Gasteiger partial charge in [-0.15, -0.1) is 0 Å². The summed E-state index contributed by atoms with van der Waals surface area (Å²) in [5.41, 5.74) is 1.81. The van der Waals surface area contributed by atoms with Gasteiger partial charge in [-0.05, 0) is 25.1 Å². The zero-order chi connectivity index (χ0) is 10.0. The summed E-state index contributed by atoms with van der Waals surface area (Å²) in [6.07, 6.45) is 0. The van der Waals surface area contributed by atoms with Crippen molar-refractivity contribution in [1.29, 1.82) is 0 Å². The van der Waals surface area contributed by atoms with Gasteiger partial charge in [0, 0.05) is 54.9 Å². The summed E-state index contributed by atoms with van der Waals surface area (Å²) < 4.78 is 10.7. The molecular formula is C9H12NNaO2P. The van der Waals surface area contributed by atoms with Gasteiger partial charge in [0.15, 0.2) is 5.30 Å². The zero-order valence-corrected chi connectivity index (χ0v) is 11.8. The molecule has 0 amide bonds. The third-order valence-corrected chi connectivity index (χ3v) is 2.79. The van der Waals surface area contributed by atoms with E-state index in [4.69, 9.17) is 0 Å². The first-order chi connectivity index (χ1) is 6.02. The van der Waals surface area contributed by atoms with Crippen LogP contribution in [0.2, 0.25) is 0 Å². The van der Waals surface area contributed by atoms with Gasteiger partial charge in [-0.3, -0.25) is 0 Å². The van der Waals surface area contributed by atoms with Crippen LogP contribution in [0, 0.1) is 6.92 Å². The van der Waals surface area contributed by atoms with Crippen molar-refractivity contribution in [3.05, 3.63) is 23.8 Å². The molecule has 0 saturated carbocycles. The molecule has 3 nitrogen and oxygen atoms in total. The van der Waals surface area contributed by atoms with Crippen molar-refractivity contribution in [2.45, 2.75) is 6.92 Å². The molecule has 1 radical (unpaired) electrons. The maximum Gasteiger partial charge on any atom is 0.349 e. The van der Waals surface area contributed by atoms with E-state index >= 15 is 0 Å². The Labute approximate surface area is 107 Å². The van der Waals surface area contributed by atoms with E-state index in [1.165, 1.54) is 0 Å². The van der Waals surface area contributed by atoms with Gasteiger partial charge >= 0.3 is 8.03 Å². The molecule has 0 bridgehead atoms. The molecule has 1 atom stereocenters. The second-order valence-corrected chi connectivity index (χ2v) is 4.12. The number of aryl methyl sites for hydroxylation is 1. The van der Waals surface area contributed by atoms with E-state index in [-0.39, 0.29) is 29.6 Å². The summed E-state index contributed by atoms with van der Waals surface area (Å²) >= 11 is 0. The quantitative estimate of drug-likeness (QED) is 0.535. The average Bonchev–Trinajstić information content (AvgIpc) is 2.03. The van der Waals surface area contributed by atoms with E-state index in [1.807, 2.05) is 25.1 Å². The van der Waals surface area contributed by atoms with Gasteiger partial charge in [0.25, 0.3) is 0 Å². The molecule has 14 heavy (non-hydrogen) atoms. The number of anilines is 1. The monoisotopic (exact) mass is 220 g/mol. The minimum absolute atomic E-state index is 0. The largest absolute Gasteiger partial charge is 0.591 e. The van der Waals surface area contributed by atoms with E-state index in [0.717, 1.165) is 11.3 Å². The third kappa shape index (κ3) is 3.34. The zero-order valence-electron chi connectivity index (χ0n) is 8.94. The minimum Gasteiger partial charge on any atom is -0.591 e. The molecule has 1 rings (SSSR count). The first-order valence-corrected chi connectivity index (χ1v) is 5.12. The summed E-state index contributed by atoms with van der Waals surface area (Å²) in [5.74, 6) is 0. The van der Waals surface area contributed by atoms with Crippen molar-refractivity contribution in [1.82, 2.24) is 0 Å². The summed E-state index contributed by atoms with van der Waals surface area (Å²) in [4.78, 5) is 12.7. The molecule has 1 unspecified atom stereocenters. The smallest absolute Gasteiger partial charge is 0.349 e. The van der Waals surface area contributed by atoms with Crippen molar-refractivity contribution < 1.29 is 9.46 Å². The molecule has 0 heterocycles. The molecule has 0 aliphatic rings. The number of hydrogen-bond acceptors (Lipinski definition) is 3. The van der Waals surface area contributed by atoms with Crippen LogP contribution in [0.3, 0.4) is 0 Å². The fourth-order valence-electron chi connectivity index (χ4n) is 1.12. The fraction of sp³-hybridized carbons (Fsp3) is 0.333. The Morgan fingerprint density at radius 2 is 1.93 bits per heavy atom. The van der Waals surface area contributed by atoms with Crippen molar-refractivity contribution in [2.24, 2.45) is 0 Å². The van der Waals surface area contributed by atoms with Crippen molar-refractivity contribution in [3.63, 3.8) is 0 Å². The van der Waals surface area contributed by atoms with Gasteiger partial charge in [-0.2, -0.15) is 0 Å². The Hall–Kier alpha value is 0.0800. The Bertz CT molecular complexity index is 342. The van der Waals surface area contributed by atoms with E-state index in [1.54, 1.807) is 19.1 Å². The first kappa shape index (κ1) is 14.1. The van der Waals surface area contributed by atoms with Crippen LogP contribution < -0.4 is 15.1 Å². The second-order valence-electron chi connectivity index (χ2n) is 3.12. The van der Waals surface area contributed by atoms with Crippen LogP contribution in [0.5, 0.6) is 0 Å². The van der Waals surface area contributed by atoms with Gasteiger partial charge in [-0.1, -0.05) is 4.57 Å². The normalized spacial score (nSPS) is 10.4. The molecule has 71 valence electrons. The van der Waals surface area contributed by atoms with Gasteiger partial charge in [-0.25, -0.2) is 0 Å². The third-order valence-electron chi connectivity index (χ3n) is 1.89. The Morgan fingerprint density at radius 3 is 2.29 bits per heavy atom. The van der Waals surface area contributed by atoms with Crippen molar-refractivity contribution in [2.75, 3.05) is 19.0 Å². The topological polar surface area (TPSA) is 43.4 Å². The predicted molar refractivity (Wildman–Crippen MR) is 58.5 cm³/mol. The second kappa shape index (κ2) is 5.84. The Balaban J connectivity index is 0.00000169. The fourth-order valence-corrected chi connectivity index (χ4v) is 1.67. The molecule has 0 aliphatic carbocycles. The molecular weight excluding hydrogens is 208 g/mol. The number of nitrogens with zero attached hydrogens (tertiary/aromatic N) is 1. The van der Waals surface area contributed by atoms with Crippen molar-refractivity contribution in [3.8, 4) is 0 Å². The average molecular weight is 220 g/mol. The van der Waals surface area contributed by atoms with Crippen LogP contribution in [-0.2, 0) is 4.57 Å². The Kier molecular flexibility index (Phi) is 5.87. The maximum absolute atomic E-state index is 10.7. The van der Waals surface area contributed by atoms with E-state index < -0.39 is 8.03 Å². The molecule has 0 fully saturated rings. The maximum atomic E-state index is 10.7. The van der Waals surface area contributed by atoms with Gasteiger partial charge < -0.3 is 9.79 Å². The molecule has 5 heteroatoms. The van der Waals surface area contributed by atoms with E-state index in [0.29, 0.717) is 5.30 Å². The van der Waals surface area contributed by atoms with Gasteiger partial charge in [0.05, 0.1) is 0 Å². The number of benzene rings is 1. The van der Waals surface area contributed by atoms with Crippen LogP contribution in [0.4, 0.5) is 5.69 Å². The van der Waals surface area contributed by atoms with E-state index in [9.17, 15) is 9.46 Å². The van der Waals surface area contributed by atoms with Crippen LogP contribution in [0.25, 0.3) is 0 Å². The first-order valence-electron chi connectivity index (χ1n) is 3.94. The number of hydrogen-bond donors (Lipinski definition) is 0. The van der Waals surface area contributed by atoms with Gasteiger partial charge in [0.1, 0.15) is 0 Å². The molecule has 0 saturated heterocycles. The van der Waals surface area contributed by atoms with Crippen LogP contribution in [0.1, 0.15) is 5.56 Å². The molecule has 1 aromatic rings. The summed E-state index contributed by atoms with van der Waals surface area (Å²) in [6, 6.07) is 5.30. The molecule has 0 N–H and O–H groups in total. The summed E-state index contributed by atoms with van der Waals surface area (Å²) in [5, 5.41) is 0.403. The molecule has 0 aliphatic heterocycles. The summed E-state index contributed by atoms with van der Waals surface area (Å²) in [6.45, 7) is 1.80. The molecule has 1 aromatic carbocycles. The number of rotatable bonds is 2. The van der Waals surface area contributed by atoms with Crippen LogP contribution >= 0.6 is 8.03 Å². The standard InChI is InChI=1S/C9H12NO2P.Na/c1-7-6-8(10(2)3)4-5-9(7)13(11)12;/h4-6H,1-3H3;. The van der Waals surface area contributed by atoms with Crippen LogP contribution in [-0.4, -0.2) is 43.7 Å². The SMILES string of the molecule is Cc1cc(N(C)C)ccc1[P+](=O)[O-].[Na]. The predicted octanol–water partition coefficient (Wildman–Crippen LogP) is 0.408. The van der Waals surface area contributed by atoms with Crippen LogP contribution in [0.15, 0.2) is 18.2 Å². The minimum atomic E-state index is -2.47. The molecule has 0 aromatic heterocycles. The van der Waals surface area contributed by atoms with Gasteiger partial charge in [0.2, 0.25) is 0 Å². The summed E-state index contributed by atoms with van der Waals surface area (Å²) in [7, 11) is 1.38. The molecule has 0 spiro atoms.